The van der Waals surface area contributed by atoms with E-state index in [2.05, 4.69) is 34.8 Å². The minimum Gasteiger partial charge on any atom is -0.493 e. The molecule has 3 aromatic rings. The molecule has 1 heterocycles. The molecule has 2 aromatic carbocycles. The summed E-state index contributed by atoms with van der Waals surface area (Å²) < 4.78 is 7.75. The summed E-state index contributed by atoms with van der Waals surface area (Å²) in [5, 5.41) is 2.97. The molecule has 0 bridgehead atoms. The van der Waals surface area contributed by atoms with Crippen LogP contribution in [0.1, 0.15) is 30.6 Å². The highest BCUT2D eigenvalue weighted by atomic mass is 16.5. The Balaban J connectivity index is 1.45. The fraction of sp³-hybridized carbons (Fsp3) is 0.333. The van der Waals surface area contributed by atoms with Crippen LogP contribution in [0, 0.1) is 5.92 Å². The van der Waals surface area contributed by atoms with E-state index >= 15 is 0 Å². The molecule has 0 saturated carbocycles. The summed E-state index contributed by atoms with van der Waals surface area (Å²) >= 11 is 0. The van der Waals surface area contributed by atoms with Gasteiger partial charge in [0, 0.05) is 18.7 Å². The number of nitrogens with one attached hydrogen (secondary N) is 1. The summed E-state index contributed by atoms with van der Waals surface area (Å²) in [6.45, 7) is 6.33. The first-order chi connectivity index (χ1) is 12.6. The topological polar surface area (TPSA) is 56.1 Å². The van der Waals surface area contributed by atoms with Gasteiger partial charge < -0.3 is 14.6 Å². The second-order valence-electron chi connectivity index (χ2n) is 6.77. The van der Waals surface area contributed by atoms with Crippen LogP contribution in [0.4, 0.5) is 0 Å². The molecule has 26 heavy (non-hydrogen) atoms. The van der Waals surface area contributed by atoms with Gasteiger partial charge in [-0.25, -0.2) is 4.98 Å². The van der Waals surface area contributed by atoms with E-state index in [0.29, 0.717) is 24.6 Å². The summed E-state index contributed by atoms with van der Waals surface area (Å²) in [7, 11) is 0. The molecule has 0 fully saturated rings. The highest BCUT2D eigenvalue weighted by Crippen LogP contribution is 2.14. The Morgan fingerprint density at radius 3 is 2.69 bits per heavy atom. The highest BCUT2D eigenvalue weighted by Gasteiger charge is 2.06. The zero-order chi connectivity index (χ0) is 18.4. The Labute approximate surface area is 154 Å². The second kappa shape index (κ2) is 8.52. The van der Waals surface area contributed by atoms with Crippen molar-refractivity contribution in [1.29, 1.82) is 0 Å². The van der Waals surface area contributed by atoms with Crippen molar-refractivity contribution < 1.29 is 9.53 Å². The molecule has 0 saturated heterocycles. The number of hydrogen-bond donors (Lipinski definition) is 1. The lowest BCUT2D eigenvalue weighted by atomic mass is 10.2. The van der Waals surface area contributed by atoms with Crippen LogP contribution in [-0.2, 0) is 6.54 Å². The number of para-hydroxylation sites is 2. The van der Waals surface area contributed by atoms with Gasteiger partial charge in [-0.05, 0) is 48.7 Å². The first-order valence-corrected chi connectivity index (χ1v) is 9.04. The molecule has 0 radical (unpaired) electrons. The van der Waals surface area contributed by atoms with E-state index in [9.17, 15) is 4.79 Å². The van der Waals surface area contributed by atoms with E-state index in [1.165, 1.54) is 0 Å². The van der Waals surface area contributed by atoms with Crippen molar-refractivity contribution in [3.63, 3.8) is 0 Å². The number of carbonyl (C=O) groups is 1. The number of nitrogens with zero attached hydrogens (tertiary/aromatic N) is 2. The van der Waals surface area contributed by atoms with Crippen LogP contribution >= 0.6 is 0 Å². The Hall–Kier alpha value is -2.82. The molecule has 0 aliphatic heterocycles. The zero-order valence-electron chi connectivity index (χ0n) is 15.3. The van der Waals surface area contributed by atoms with Crippen molar-refractivity contribution in [1.82, 2.24) is 14.9 Å². The summed E-state index contributed by atoms with van der Waals surface area (Å²) in [5.74, 6) is 1.21. The lowest BCUT2D eigenvalue weighted by Gasteiger charge is -2.10. The van der Waals surface area contributed by atoms with Crippen molar-refractivity contribution in [3.05, 3.63) is 60.4 Å². The van der Waals surface area contributed by atoms with Crippen LogP contribution in [0.2, 0.25) is 0 Å². The maximum absolute atomic E-state index is 12.2. The number of fused-ring (bicyclic) bond motifs is 1. The minimum atomic E-state index is -0.0594. The van der Waals surface area contributed by atoms with Crippen LogP contribution < -0.4 is 10.1 Å². The summed E-state index contributed by atoms with van der Waals surface area (Å²) in [6, 6.07) is 15.3. The predicted octanol–water partition coefficient (Wildman–Crippen LogP) is 3.89. The highest BCUT2D eigenvalue weighted by molar-refractivity contribution is 5.94. The molecular weight excluding hydrogens is 326 g/mol. The van der Waals surface area contributed by atoms with Gasteiger partial charge in [0.25, 0.3) is 5.91 Å². The zero-order valence-corrected chi connectivity index (χ0v) is 15.3. The Kier molecular flexibility index (Phi) is 5.89. The average molecular weight is 351 g/mol. The quantitative estimate of drug-likeness (QED) is 0.626. The molecule has 0 unspecified atom stereocenters. The Morgan fingerprint density at radius 1 is 1.15 bits per heavy atom. The molecule has 0 aliphatic rings. The molecule has 5 heteroatoms. The van der Waals surface area contributed by atoms with E-state index in [4.69, 9.17) is 4.74 Å². The maximum atomic E-state index is 12.2. The minimum absolute atomic E-state index is 0.0594. The number of hydrogen-bond acceptors (Lipinski definition) is 3. The number of aromatic nitrogens is 2. The lowest BCUT2D eigenvalue weighted by Crippen LogP contribution is -2.25. The molecule has 0 aliphatic carbocycles. The predicted molar refractivity (Wildman–Crippen MR) is 103 cm³/mol. The molecule has 1 amide bonds. The maximum Gasteiger partial charge on any atom is 0.251 e. The van der Waals surface area contributed by atoms with Crippen LogP contribution in [-0.4, -0.2) is 28.6 Å². The first kappa shape index (κ1) is 18.0. The van der Waals surface area contributed by atoms with E-state index < -0.39 is 0 Å². The van der Waals surface area contributed by atoms with Gasteiger partial charge in [-0.15, -0.1) is 0 Å². The van der Waals surface area contributed by atoms with Crippen LogP contribution in [0.5, 0.6) is 5.75 Å². The van der Waals surface area contributed by atoms with Crippen molar-refractivity contribution in [3.8, 4) is 5.75 Å². The number of amides is 1. The number of aryl methyl sites for hydroxylation is 1. The summed E-state index contributed by atoms with van der Waals surface area (Å²) in [4.78, 5) is 16.6. The summed E-state index contributed by atoms with van der Waals surface area (Å²) in [6.07, 6.45) is 2.70. The number of benzene rings is 2. The smallest absolute Gasteiger partial charge is 0.251 e. The second-order valence-corrected chi connectivity index (χ2v) is 6.77. The van der Waals surface area contributed by atoms with Gasteiger partial charge in [-0.1, -0.05) is 26.0 Å². The lowest BCUT2D eigenvalue weighted by molar-refractivity contribution is 0.0952. The van der Waals surface area contributed by atoms with Gasteiger partial charge >= 0.3 is 0 Å². The van der Waals surface area contributed by atoms with Crippen molar-refractivity contribution in [2.75, 3.05) is 13.2 Å². The van der Waals surface area contributed by atoms with Gasteiger partial charge in [0.15, 0.2) is 0 Å². The Morgan fingerprint density at radius 2 is 1.92 bits per heavy atom. The van der Waals surface area contributed by atoms with E-state index in [0.717, 1.165) is 29.7 Å². The van der Waals surface area contributed by atoms with Crippen molar-refractivity contribution in [2.45, 2.75) is 26.8 Å². The fourth-order valence-corrected chi connectivity index (χ4v) is 2.71. The molecule has 1 N–H and O–H groups in total. The monoisotopic (exact) mass is 351 g/mol. The molecule has 0 atom stereocenters. The molecule has 0 spiro atoms. The number of carbonyl (C=O) groups excluding carboxylic acids is 1. The van der Waals surface area contributed by atoms with Crippen molar-refractivity contribution >= 4 is 16.9 Å². The number of rotatable bonds is 8. The molecule has 5 nitrogen and oxygen atoms in total. The van der Waals surface area contributed by atoms with Crippen LogP contribution in [0.3, 0.4) is 0 Å². The van der Waals surface area contributed by atoms with E-state index in [1.54, 1.807) is 12.1 Å². The molecule has 3 rings (SSSR count). The van der Waals surface area contributed by atoms with Crippen LogP contribution in [0.15, 0.2) is 54.9 Å². The van der Waals surface area contributed by atoms with Crippen LogP contribution in [0.25, 0.3) is 11.0 Å². The Bertz CT molecular complexity index is 853. The molecule has 1 aromatic heterocycles. The molecular formula is C21H25N3O2. The standard InChI is InChI=1S/C21H25N3O2/c1-16(2)14-26-18-10-8-17(9-11-18)21(25)22-12-5-13-24-15-23-19-6-3-4-7-20(19)24/h3-4,6-11,15-16H,5,12-14H2,1-2H3,(H,22,25). The third-order valence-electron chi connectivity index (χ3n) is 4.09. The van der Waals surface area contributed by atoms with E-state index in [-0.39, 0.29) is 5.91 Å². The van der Waals surface area contributed by atoms with Gasteiger partial charge in [0.05, 0.1) is 24.0 Å². The number of ether oxygens (including phenoxy) is 1. The third-order valence-corrected chi connectivity index (χ3v) is 4.09. The van der Waals surface area contributed by atoms with Crippen molar-refractivity contribution in [2.24, 2.45) is 5.92 Å². The normalized spacial score (nSPS) is 11.0. The van der Waals surface area contributed by atoms with Gasteiger partial charge in [0.1, 0.15) is 5.75 Å². The largest absolute Gasteiger partial charge is 0.493 e. The number of imidazole rings is 1. The van der Waals surface area contributed by atoms with E-state index in [1.807, 2.05) is 36.7 Å². The SMILES string of the molecule is CC(C)COc1ccc(C(=O)NCCCn2cnc3ccccc32)cc1. The summed E-state index contributed by atoms with van der Waals surface area (Å²) in [5.41, 5.74) is 2.77. The molecule has 136 valence electrons. The van der Waals surface area contributed by atoms with Gasteiger partial charge in [-0.2, -0.15) is 0 Å². The van der Waals surface area contributed by atoms with Gasteiger partial charge in [-0.3, -0.25) is 4.79 Å². The van der Waals surface area contributed by atoms with Gasteiger partial charge in [0.2, 0.25) is 0 Å². The third kappa shape index (κ3) is 4.63. The fourth-order valence-electron chi connectivity index (χ4n) is 2.71. The average Bonchev–Trinajstić information content (AvgIpc) is 3.07. The first-order valence-electron chi connectivity index (χ1n) is 9.04.